The molecule has 0 N–H and O–H groups in total. The van der Waals surface area contributed by atoms with E-state index in [1.807, 2.05) is 0 Å². The summed E-state index contributed by atoms with van der Waals surface area (Å²) in [5, 5.41) is 14.7. The zero-order valence-electron chi connectivity index (χ0n) is 10.4. The lowest BCUT2D eigenvalue weighted by molar-refractivity contribution is -0.810. The predicted molar refractivity (Wildman–Crippen MR) is 65.3 cm³/mol. The normalized spacial score (nSPS) is 19.3. The highest BCUT2D eigenvalue weighted by Gasteiger charge is 2.39. The Kier molecular flexibility index (Phi) is 3.19. The van der Waals surface area contributed by atoms with Gasteiger partial charge >= 0.3 is 5.03 Å². The monoisotopic (exact) mass is 296 g/mol. The van der Waals surface area contributed by atoms with Crippen LogP contribution in [0.15, 0.2) is 44.9 Å². The van der Waals surface area contributed by atoms with Gasteiger partial charge in [-0.2, -0.15) is 0 Å². The van der Waals surface area contributed by atoms with Crippen LogP contribution in [0.4, 0.5) is 0 Å². The molecule has 0 spiro atoms. The molecular weight excluding hydrogens is 284 g/mol. The zero-order chi connectivity index (χ0) is 14.2. The second kappa shape index (κ2) is 4.88. The second-order valence-corrected chi connectivity index (χ2v) is 6.30. The van der Waals surface area contributed by atoms with Crippen molar-refractivity contribution in [3.63, 3.8) is 0 Å². The predicted octanol–water partition coefficient (Wildman–Crippen LogP) is 0.992. The SMILES string of the molecule is O=S(=O)(c1ccccc1)c1no[n+]([O-])c1C1CCCO1. The molecule has 0 aliphatic carbocycles. The molecule has 106 valence electrons. The third kappa shape index (κ3) is 2.06. The molecule has 1 aliphatic heterocycles. The van der Waals surface area contributed by atoms with Crippen molar-refractivity contribution in [3.05, 3.63) is 41.2 Å². The van der Waals surface area contributed by atoms with Crippen molar-refractivity contribution >= 4 is 9.84 Å². The summed E-state index contributed by atoms with van der Waals surface area (Å²) in [7, 11) is -3.89. The molecule has 0 amide bonds. The Labute approximate surface area is 115 Å². The van der Waals surface area contributed by atoms with Gasteiger partial charge in [-0.15, -0.1) is 0 Å². The molecule has 1 fully saturated rings. The summed E-state index contributed by atoms with van der Waals surface area (Å²) in [5.41, 5.74) is -0.0775. The minimum Gasteiger partial charge on any atom is -0.369 e. The summed E-state index contributed by atoms with van der Waals surface area (Å²) >= 11 is 0. The Morgan fingerprint density at radius 2 is 2.05 bits per heavy atom. The third-order valence-electron chi connectivity index (χ3n) is 3.16. The lowest BCUT2D eigenvalue weighted by Crippen LogP contribution is -2.31. The number of nitrogens with zero attached hydrogens (tertiary/aromatic N) is 2. The number of hydrogen-bond acceptors (Lipinski definition) is 6. The average molecular weight is 296 g/mol. The third-order valence-corrected chi connectivity index (χ3v) is 4.84. The van der Waals surface area contributed by atoms with Gasteiger partial charge in [0, 0.05) is 6.61 Å². The van der Waals surface area contributed by atoms with E-state index in [2.05, 4.69) is 9.79 Å². The van der Waals surface area contributed by atoms with Crippen molar-refractivity contribution in [1.82, 2.24) is 5.16 Å². The Morgan fingerprint density at radius 3 is 2.70 bits per heavy atom. The smallest absolute Gasteiger partial charge is 0.341 e. The number of ether oxygens (including phenoxy) is 1. The van der Waals surface area contributed by atoms with Crippen molar-refractivity contribution in [2.45, 2.75) is 28.9 Å². The van der Waals surface area contributed by atoms with Crippen LogP contribution in [-0.2, 0) is 14.6 Å². The maximum absolute atomic E-state index is 12.5. The fourth-order valence-electron chi connectivity index (χ4n) is 2.19. The summed E-state index contributed by atoms with van der Waals surface area (Å²) in [6.45, 7) is 0.487. The van der Waals surface area contributed by atoms with Crippen molar-refractivity contribution < 1.29 is 22.7 Å². The summed E-state index contributed by atoms with van der Waals surface area (Å²) in [6.07, 6.45) is 0.744. The maximum Gasteiger partial charge on any atom is 0.341 e. The highest BCUT2D eigenvalue weighted by Crippen LogP contribution is 2.31. The molecule has 2 aromatic rings. The van der Waals surface area contributed by atoms with E-state index < -0.39 is 15.9 Å². The molecule has 8 heteroatoms. The number of aromatic nitrogens is 2. The van der Waals surface area contributed by atoms with E-state index in [-0.39, 0.29) is 20.5 Å². The zero-order valence-corrected chi connectivity index (χ0v) is 11.2. The van der Waals surface area contributed by atoms with E-state index >= 15 is 0 Å². The second-order valence-electron chi connectivity index (χ2n) is 4.44. The van der Waals surface area contributed by atoms with Gasteiger partial charge in [-0.3, -0.25) is 4.63 Å². The van der Waals surface area contributed by atoms with Gasteiger partial charge in [0.1, 0.15) is 6.10 Å². The van der Waals surface area contributed by atoms with Crippen LogP contribution in [-0.4, -0.2) is 20.2 Å². The molecule has 7 nitrogen and oxygen atoms in total. The first kappa shape index (κ1) is 13.1. The number of benzene rings is 1. The molecule has 0 bridgehead atoms. The number of hydrogen-bond donors (Lipinski definition) is 0. The lowest BCUT2D eigenvalue weighted by Gasteiger charge is -2.06. The van der Waals surface area contributed by atoms with Crippen molar-refractivity contribution in [2.75, 3.05) is 6.61 Å². The largest absolute Gasteiger partial charge is 0.369 e. The first-order valence-electron chi connectivity index (χ1n) is 6.12. The Bertz CT molecular complexity index is 705. The van der Waals surface area contributed by atoms with Crippen LogP contribution in [0.2, 0.25) is 0 Å². The van der Waals surface area contributed by atoms with Crippen LogP contribution >= 0.6 is 0 Å². The van der Waals surface area contributed by atoms with Gasteiger partial charge in [-0.25, -0.2) is 8.42 Å². The van der Waals surface area contributed by atoms with E-state index in [1.165, 1.54) is 12.1 Å². The molecule has 20 heavy (non-hydrogen) atoms. The van der Waals surface area contributed by atoms with E-state index in [0.717, 1.165) is 6.42 Å². The van der Waals surface area contributed by atoms with Crippen molar-refractivity contribution in [3.8, 4) is 0 Å². The van der Waals surface area contributed by atoms with Crippen LogP contribution in [0.5, 0.6) is 0 Å². The Hall–Kier alpha value is -1.93. The van der Waals surface area contributed by atoms with Crippen LogP contribution in [0, 0.1) is 5.21 Å². The minimum atomic E-state index is -3.89. The van der Waals surface area contributed by atoms with Crippen LogP contribution in [0.3, 0.4) is 0 Å². The first-order chi connectivity index (χ1) is 9.60. The van der Waals surface area contributed by atoms with Gasteiger partial charge in [0.15, 0.2) is 0 Å². The molecule has 0 saturated carbocycles. The van der Waals surface area contributed by atoms with Crippen molar-refractivity contribution in [1.29, 1.82) is 0 Å². The first-order valence-corrected chi connectivity index (χ1v) is 7.60. The number of sulfone groups is 1. The highest BCUT2D eigenvalue weighted by molar-refractivity contribution is 7.91. The molecule has 1 aliphatic rings. The maximum atomic E-state index is 12.5. The van der Waals surface area contributed by atoms with Gasteiger partial charge in [0.05, 0.1) is 10.1 Å². The number of rotatable bonds is 3. The minimum absolute atomic E-state index is 0.0631. The van der Waals surface area contributed by atoms with Gasteiger partial charge in [0.2, 0.25) is 5.69 Å². The molecule has 1 atom stereocenters. The van der Waals surface area contributed by atoms with E-state index in [1.54, 1.807) is 18.2 Å². The van der Waals surface area contributed by atoms with Crippen LogP contribution in [0.25, 0.3) is 0 Å². The lowest BCUT2D eigenvalue weighted by atomic mass is 10.2. The van der Waals surface area contributed by atoms with E-state index in [4.69, 9.17) is 4.74 Å². The summed E-state index contributed by atoms with van der Waals surface area (Å²) < 4.78 is 34.8. The van der Waals surface area contributed by atoms with E-state index in [9.17, 15) is 13.6 Å². The van der Waals surface area contributed by atoms with Crippen LogP contribution in [0.1, 0.15) is 24.6 Å². The Balaban J connectivity index is 2.11. The van der Waals surface area contributed by atoms with Crippen molar-refractivity contribution in [2.24, 2.45) is 0 Å². The molecule has 3 rings (SSSR count). The topological polar surface area (TPSA) is 96.3 Å². The molecular formula is C12H12N2O5S. The molecule has 2 heterocycles. The van der Waals surface area contributed by atoms with Crippen LogP contribution < -0.4 is 4.90 Å². The Morgan fingerprint density at radius 1 is 1.30 bits per heavy atom. The summed E-state index contributed by atoms with van der Waals surface area (Å²) in [5.74, 6) is 0. The highest BCUT2D eigenvalue weighted by atomic mass is 32.2. The van der Waals surface area contributed by atoms with Gasteiger partial charge in [0.25, 0.3) is 9.84 Å². The molecule has 1 saturated heterocycles. The molecule has 0 radical (unpaired) electrons. The summed E-state index contributed by atoms with van der Waals surface area (Å²) in [4.78, 5) is 0.180. The summed E-state index contributed by atoms with van der Waals surface area (Å²) in [6, 6.07) is 7.79. The average Bonchev–Trinajstić information content (AvgIpc) is 3.08. The van der Waals surface area contributed by atoms with Gasteiger partial charge in [-0.05, 0) is 29.9 Å². The van der Waals surface area contributed by atoms with E-state index in [0.29, 0.717) is 13.0 Å². The molecule has 1 unspecified atom stereocenters. The standard InChI is InChI=1S/C12H12N2O5S/c15-14-11(10-7-4-8-18-10)12(13-19-14)20(16,17)9-5-2-1-3-6-9/h1-3,5-6,10H,4,7-8H2. The molecule has 1 aromatic carbocycles. The fourth-order valence-corrected chi connectivity index (χ4v) is 3.54. The molecule has 1 aromatic heterocycles. The van der Waals surface area contributed by atoms with Gasteiger partial charge in [-0.1, -0.05) is 18.2 Å². The fraction of sp³-hybridized carbons (Fsp3) is 0.333. The van der Waals surface area contributed by atoms with Gasteiger partial charge < -0.3 is 9.94 Å². The quantitative estimate of drug-likeness (QED) is 0.784.